The number of carbonyl (C=O) groups is 2. The van der Waals surface area contributed by atoms with E-state index < -0.39 is 16.1 Å². The van der Waals surface area contributed by atoms with Crippen LogP contribution >= 0.6 is 11.6 Å². The number of rotatable bonds is 4. The summed E-state index contributed by atoms with van der Waals surface area (Å²) in [6.07, 6.45) is 0. The Labute approximate surface area is 160 Å². The molecule has 0 aliphatic heterocycles. The van der Waals surface area contributed by atoms with Crippen molar-refractivity contribution in [1.82, 2.24) is 9.29 Å². The molecule has 4 N–H and O–H groups in total. The van der Waals surface area contributed by atoms with E-state index in [9.17, 15) is 18.0 Å². The van der Waals surface area contributed by atoms with E-state index in [0.717, 1.165) is 10.9 Å². The second kappa shape index (κ2) is 6.93. The van der Waals surface area contributed by atoms with Gasteiger partial charge in [-0.3, -0.25) is 4.79 Å². The fraction of sp³-hybridized carbons (Fsp3) is 0.0588. The molecule has 0 fully saturated rings. The summed E-state index contributed by atoms with van der Waals surface area (Å²) in [7, 11) is -2.28. The molecule has 0 aliphatic carbocycles. The molecule has 10 heteroatoms. The standard InChI is InChI=1S/C17H15ClN4O4S/c1-22-14-7-2-11(18)8-10(14)9-15(22)16(23)20-12-3-5-13(6-4-12)27(25,26)21-17(19)24/h2-9H,1H3,(H,20,23)(H3,19,21,24). The largest absolute Gasteiger partial charge is 0.351 e. The van der Waals surface area contributed by atoms with E-state index in [4.69, 9.17) is 17.3 Å². The van der Waals surface area contributed by atoms with Crippen molar-refractivity contribution in [3.05, 3.63) is 59.2 Å². The Morgan fingerprint density at radius 1 is 1.07 bits per heavy atom. The van der Waals surface area contributed by atoms with Crippen LogP contribution in [-0.2, 0) is 17.1 Å². The molecule has 0 unspecified atom stereocenters. The smallest absolute Gasteiger partial charge is 0.326 e. The van der Waals surface area contributed by atoms with E-state index in [2.05, 4.69) is 5.32 Å². The number of halogens is 1. The highest BCUT2D eigenvalue weighted by Gasteiger charge is 2.17. The normalized spacial score (nSPS) is 11.3. The molecule has 8 nitrogen and oxygen atoms in total. The van der Waals surface area contributed by atoms with Gasteiger partial charge in [0.05, 0.1) is 4.90 Å². The van der Waals surface area contributed by atoms with Gasteiger partial charge >= 0.3 is 6.03 Å². The predicted octanol–water partition coefficient (Wildman–Crippen LogP) is 2.44. The van der Waals surface area contributed by atoms with Gasteiger partial charge in [0.1, 0.15) is 5.69 Å². The quantitative estimate of drug-likeness (QED) is 0.615. The monoisotopic (exact) mass is 406 g/mol. The number of hydrogen-bond donors (Lipinski definition) is 3. The van der Waals surface area contributed by atoms with Crippen LogP contribution in [0.15, 0.2) is 53.4 Å². The van der Waals surface area contributed by atoms with E-state index in [0.29, 0.717) is 16.4 Å². The van der Waals surface area contributed by atoms with Gasteiger partial charge in [0.15, 0.2) is 0 Å². The van der Waals surface area contributed by atoms with Crippen LogP contribution in [0.25, 0.3) is 10.9 Å². The zero-order chi connectivity index (χ0) is 19.8. The number of carbonyl (C=O) groups excluding carboxylic acids is 2. The zero-order valence-corrected chi connectivity index (χ0v) is 15.6. The lowest BCUT2D eigenvalue weighted by atomic mass is 10.2. The highest BCUT2D eigenvalue weighted by molar-refractivity contribution is 7.90. The highest BCUT2D eigenvalue weighted by atomic mass is 35.5. The number of sulfonamides is 1. The molecular formula is C17H15ClN4O4S. The lowest BCUT2D eigenvalue weighted by molar-refractivity contribution is 0.101. The average Bonchev–Trinajstić information content (AvgIpc) is 2.90. The van der Waals surface area contributed by atoms with Gasteiger partial charge in [-0.1, -0.05) is 11.6 Å². The minimum atomic E-state index is -4.04. The summed E-state index contributed by atoms with van der Waals surface area (Å²) < 4.78 is 27.1. The third-order valence-electron chi connectivity index (χ3n) is 3.89. The zero-order valence-electron chi connectivity index (χ0n) is 14.1. The van der Waals surface area contributed by atoms with E-state index in [1.165, 1.54) is 24.3 Å². The number of aromatic nitrogens is 1. The molecule has 140 valence electrons. The molecule has 3 rings (SSSR count). The maximum Gasteiger partial charge on any atom is 0.326 e. The van der Waals surface area contributed by atoms with Gasteiger partial charge in [-0.2, -0.15) is 0 Å². The summed E-state index contributed by atoms with van der Waals surface area (Å²) in [4.78, 5) is 23.2. The Morgan fingerprint density at radius 2 is 1.74 bits per heavy atom. The first kappa shape index (κ1) is 18.7. The fourth-order valence-corrected chi connectivity index (χ4v) is 3.70. The molecule has 1 aromatic heterocycles. The third kappa shape index (κ3) is 3.88. The van der Waals surface area contributed by atoms with Gasteiger partial charge in [-0.15, -0.1) is 0 Å². The van der Waals surface area contributed by atoms with Crippen molar-refractivity contribution in [1.29, 1.82) is 0 Å². The SMILES string of the molecule is Cn1c(C(=O)Nc2ccc(S(=O)(=O)NC(N)=O)cc2)cc2cc(Cl)ccc21. The Bertz CT molecular complexity index is 1150. The Hall–Kier alpha value is -3.04. The second-order valence-electron chi connectivity index (χ2n) is 5.74. The number of amides is 3. The second-order valence-corrected chi connectivity index (χ2v) is 7.86. The van der Waals surface area contributed by atoms with Crippen molar-refractivity contribution in [2.75, 3.05) is 5.32 Å². The van der Waals surface area contributed by atoms with Crippen molar-refractivity contribution in [2.45, 2.75) is 4.90 Å². The minimum absolute atomic E-state index is 0.154. The third-order valence-corrected chi connectivity index (χ3v) is 5.49. The van der Waals surface area contributed by atoms with Crippen molar-refractivity contribution >= 4 is 50.2 Å². The van der Waals surface area contributed by atoms with Crippen LogP contribution in [0.2, 0.25) is 5.02 Å². The van der Waals surface area contributed by atoms with Gasteiger partial charge in [-0.05, 0) is 48.5 Å². The maximum atomic E-state index is 12.6. The molecule has 3 amide bonds. The van der Waals surface area contributed by atoms with Crippen molar-refractivity contribution in [2.24, 2.45) is 12.8 Å². The van der Waals surface area contributed by atoms with E-state index >= 15 is 0 Å². The average molecular weight is 407 g/mol. The number of nitrogens with zero attached hydrogens (tertiary/aromatic N) is 1. The topological polar surface area (TPSA) is 123 Å². The van der Waals surface area contributed by atoms with Crippen molar-refractivity contribution < 1.29 is 18.0 Å². The number of anilines is 1. The molecule has 0 atom stereocenters. The highest BCUT2D eigenvalue weighted by Crippen LogP contribution is 2.23. The minimum Gasteiger partial charge on any atom is -0.351 e. The number of urea groups is 1. The number of aryl methyl sites for hydroxylation is 1. The molecule has 1 heterocycles. The van der Waals surface area contributed by atoms with Gasteiger partial charge in [0, 0.05) is 28.7 Å². The van der Waals surface area contributed by atoms with Crippen LogP contribution in [0.1, 0.15) is 10.5 Å². The first-order chi connectivity index (χ1) is 12.7. The number of fused-ring (bicyclic) bond motifs is 1. The number of nitrogens with one attached hydrogen (secondary N) is 2. The Morgan fingerprint density at radius 3 is 2.37 bits per heavy atom. The lowest BCUT2D eigenvalue weighted by Gasteiger charge is -2.08. The fourth-order valence-electron chi connectivity index (χ4n) is 2.64. The molecule has 0 saturated carbocycles. The number of nitrogens with two attached hydrogens (primary N) is 1. The number of primary amides is 1. The van der Waals surface area contributed by atoms with Crippen molar-refractivity contribution in [3.63, 3.8) is 0 Å². The van der Waals surface area contributed by atoms with Gasteiger partial charge in [0.25, 0.3) is 15.9 Å². The molecule has 0 saturated heterocycles. The molecule has 3 aromatic rings. The van der Waals surface area contributed by atoms with Crippen LogP contribution in [-0.4, -0.2) is 24.9 Å². The Kier molecular flexibility index (Phi) is 4.81. The van der Waals surface area contributed by atoms with Crippen LogP contribution in [0.5, 0.6) is 0 Å². The first-order valence-corrected chi connectivity index (χ1v) is 9.52. The van der Waals surface area contributed by atoms with Crippen LogP contribution in [0.4, 0.5) is 10.5 Å². The summed E-state index contributed by atoms with van der Waals surface area (Å²) in [6, 6.07) is 11.2. The van der Waals surface area contributed by atoms with Gasteiger partial charge in [-0.25, -0.2) is 17.9 Å². The molecule has 2 aromatic carbocycles. The summed E-state index contributed by atoms with van der Waals surface area (Å²) in [5.41, 5.74) is 6.49. The van der Waals surface area contributed by atoms with E-state index in [1.807, 2.05) is 6.07 Å². The van der Waals surface area contributed by atoms with E-state index in [-0.39, 0.29) is 10.8 Å². The number of benzene rings is 2. The van der Waals surface area contributed by atoms with Crippen molar-refractivity contribution in [3.8, 4) is 0 Å². The summed E-state index contributed by atoms with van der Waals surface area (Å²) in [5.74, 6) is -0.365. The predicted molar refractivity (Wildman–Crippen MR) is 102 cm³/mol. The van der Waals surface area contributed by atoms with Crippen LogP contribution < -0.4 is 15.8 Å². The molecular weight excluding hydrogens is 392 g/mol. The van der Waals surface area contributed by atoms with Gasteiger partial charge in [0.2, 0.25) is 0 Å². The first-order valence-electron chi connectivity index (χ1n) is 7.66. The molecule has 27 heavy (non-hydrogen) atoms. The maximum absolute atomic E-state index is 12.6. The molecule has 0 aliphatic rings. The Balaban J connectivity index is 1.83. The summed E-state index contributed by atoms with van der Waals surface area (Å²) in [5, 5.41) is 4.09. The van der Waals surface area contributed by atoms with Gasteiger partial charge < -0.3 is 15.6 Å². The van der Waals surface area contributed by atoms with Crippen LogP contribution in [0.3, 0.4) is 0 Å². The molecule has 0 spiro atoms. The summed E-state index contributed by atoms with van der Waals surface area (Å²) >= 11 is 5.98. The number of hydrogen-bond acceptors (Lipinski definition) is 4. The lowest BCUT2D eigenvalue weighted by Crippen LogP contribution is -2.34. The van der Waals surface area contributed by atoms with E-state index in [1.54, 1.807) is 34.5 Å². The molecule has 0 bridgehead atoms. The summed E-state index contributed by atoms with van der Waals surface area (Å²) in [6.45, 7) is 0. The van der Waals surface area contributed by atoms with Crippen LogP contribution in [0, 0.1) is 0 Å². The molecule has 0 radical (unpaired) electrons.